The minimum absolute atomic E-state index is 0.0653. The summed E-state index contributed by atoms with van der Waals surface area (Å²) in [5.74, 6) is -0.0653. The van der Waals surface area contributed by atoms with Crippen LogP contribution in [0.15, 0.2) is 18.9 Å². The molecule has 13 heavy (non-hydrogen) atoms. The van der Waals surface area contributed by atoms with Gasteiger partial charge >= 0.3 is 0 Å². The Kier molecular flexibility index (Phi) is 2.82. The Morgan fingerprint density at radius 1 is 1.69 bits per heavy atom. The molecule has 1 heterocycles. The maximum atomic E-state index is 10.9. The van der Waals surface area contributed by atoms with E-state index >= 15 is 0 Å². The van der Waals surface area contributed by atoms with Gasteiger partial charge in [-0.15, -0.1) is 11.7 Å². The second kappa shape index (κ2) is 3.69. The molecule has 0 atom stereocenters. The molecule has 0 saturated heterocycles. The summed E-state index contributed by atoms with van der Waals surface area (Å²) in [4.78, 5) is 0. The highest BCUT2D eigenvalue weighted by molar-refractivity contribution is 7.89. The van der Waals surface area contributed by atoms with Gasteiger partial charge < -0.3 is 0 Å². The highest BCUT2D eigenvalue weighted by Gasteiger charge is 2.07. The van der Waals surface area contributed by atoms with E-state index in [4.69, 9.17) is 0 Å². The lowest BCUT2D eigenvalue weighted by molar-refractivity contribution is 0.600. The van der Waals surface area contributed by atoms with Crippen LogP contribution in [0.2, 0.25) is 0 Å². The molecule has 0 amide bonds. The Morgan fingerprint density at radius 3 is 2.92 bits per heavy atom. The van der Waals surface area contributed by atoms with Crippen LogP contribution >= 0.6 is 0 Å². The lowest BCUT2D eigenvalue weighted by Gasteiger charge is -1.91. The second-order valence-electron chi connectivity index (χ2n) is 2.79. The Bertz CT molecular complexity index is 394. The van der Waals surface area contributed by atoms with Crippen LogP contribution in [0.1, 0.15) is 5.69 Å². The number of allylic oxidation sites excluding steroid dienone is 1. The molecule has 1 aromatic heterocycles. The average Bonchev–Trinajstić information content (AvgIpc) is 2.33. The zero-order valence-corrected chi connectivity index (χ0v) is 8.16. The summed E-state index contributed by atoms with van der Waals surface area (Å²) in [6.45, 7) is 4.07. The van der Waals surface area contributed by atoms with Gasteiger partial charge in [0.15, 0.2) is 9.84 Å². The van der Waals surface area contributed by atoms with E-state index in [9.17, 15) is 8.42 Å². The molecule has 6 heteroatoms. The number of aromatic nitrogens is 3. The highest BCUT2D eigenvalue weighted by atomic mass is 32.2. The van der Waals surface area contributed by atoms with Gasteiger partial charge in [0, 0.05) is 12.5 Å². The Balaban J connectivity index is 2.75. The van der Waals surface area contributed by atoms with Crippen molar-refractivity contribution in [1.29, 1.82) is 0 Å². The zero-order valence-electron chi connectivity index (χ0n) is 7.34. The quantitative estimate of drug-likeness (QED) is 0.644. The largest absolute Gasteiger partial charge is 0.248 e. The van der Waals surface area contributed by atoms with E-state index in [0.717, 1.165) is 0 Å². The minimum atomic E-state index is -3.02. The molecular formula is C7H11N3O2S. The van der Waals surface area contributed by atoms with E-state index in [2.05, 4.69) is 16.9 Å². The van der Waals surface area contributed by atoms with Crippen molar-refractivity contribution in [3.63, 3.8) is 0 Å². The Morgan fingerprint density at radius 2 is 2.38 bits per heavy atom. The van der Waals surface area contributed by atoms with Crippen molar-refractivity contribution >= 4 is 9.84 Å². The Labute approximate surface area is 77.0 Å². The lowest BCUT2D eigenvalue weighted by Crippen LogP contribution is -2.00. The molecule has 0 spiro atoms. The molecule has 1 aromatic rings. The third-order valence-electron chi connectivity index (χ3n) is 1.31. The predicted octanol–water partition coefficient (Wildman–Crippen LogP) is 0.00870. The lowest BCUT2D eigenvalue weighted by atomic mass is 10.5. The van der Waals surface area contributed by atoms with Gasteiger partial charge in [0.25, 0.3) is 0 Å². The topological polar surface area (TPSA) is 64.8 Å². The summed E-state index contributed by atoms with van der Waals surface area (Å²) in [5.41, 5.74) is 0.462. The molecule has 0 N–H and O–H groups in total. The number of hydrogen-bond donors (Lipinski definition) is 0. The highest BCUT2D eigenvalue weighted by Crippen LogP contribution is 1.99. The third kappa shape index (κ3) is 3.37. The second-order valence-corrected chi connectivity index (χ2v) is 4.93. The minimum Gasteiger partial charge on any atom is -0.248 e. The monoisotopic (exact) mass is 201 g/mol. The summed E-state index contributed by atoms with van der Waals surface area (Å²) in [5, 5.41) is 7.43. The Hall–Kier alpha value is -1.17. The molecule has 0 radical (unpaired) electrons. The molecule has 0 unspecified atom stereocenters. The molecule has 72 valence electrons. The van der Waals surface area contributed by atoms with E-state index in [-0.39, 0.29) is 5.75 Å². The standard InChI is InChI=1S/C7H11N3O2S/c1-3-4-10-5-7(8-9-10)6-13(2,11)12/h3,5H,1,4,6H2,2H3. The normalized spacial score (nSPS) is 11.5. The van der Waals surface area contributed by atoms with Gasteiger partial charge in [0.2, 0.25) is 0 Å². The van der Waals surface area contributed by atoms with Gasteiger partial charge in [-0.2, -0.15) is 0 Å². The maximum absolute atomic E-state index is 10.9. The van der Waals surface area contributed by atoms with Crippen LogP contribution in [0.3, 0.4) is 0 Å². The van der Waals surface area contributed by atoms with Crippen LogP contribution in [0.4, 0.5) is 0 Å². The van der Waals surface area contributed by atoms with Crippen molar-refractivity contribution in [3.05, 3.63) is 24.5 Å². The number of sulfone groups is 1. The van der Waals surface area contributed by atoms with Crippen LogP contribution in [0.25, 0.3) is 0 Å². The molecule has 0 saturated carbocycles. The first-order valence-corrected chi connectivity index (χ1v) is 5.75. The third-order valence-corrected chi connectivity index (χ3v) is 2.13. The number of hydrogen-bond acceptors (Lipinski definition) is 4. The van der Waals surface area contributed by atoms with Gasteiger partial charge in [-0.25, -0.2) is 13.1 Å². The van der Waals surface area contributed by atoms with Crippen LogP contribution in [-0.2, 0) is 22.1 Å². The first-order chi connectivity index (χ1) is 6.01. The van der Waals surface area contributed by atoms with E-state index in [0.29, 0.717) is 12.2 Å². The van der Waals surface area contributed by atoms with Gasteiger partial charge in [-0.05, 0) is 0 Å². The summed E-state index contributed by atoms with van der Waals surface area (Å²) in [6.07, 6.45) is 4.43. The van der Waals surface area contributed by atoms with Gasteiger partial charge in [0.1, 0.15) is 0 Å². The molecule has 0 aromatic carbocycles. The van der Waals surface area contributed by atoms with Gasteiger partial charge in [-0.3, -0.25) is 0 Å². The van der Waals surface area contributed by atoms with Crippen molar-refractivity contribution in [2.75, 3.05) is 6.26 Å². The van der Waals surface area contributed by atoms with Crippen molar-refractivity contribution in [3.8, 4) is 0 Å². The van der Waals surface area contributed by atoms with Gasteiger partial charge in [0.05, 0.1) is 18.0 Å². The summed E-state index contributed by atoms with van der Waals surface area (Å²) >= 11 is 0. The molecule has 1 rings (SSSR count). The first kappa shape index (κ1) is 9.91. The van der Waals surface area contributed by atoms with E-state index < -0.39 is 9.84 Å². The molecule has 0 aliphatic heterocycles. The van der Waals surface area contributed by atoms with Crippen LogP contribution in [0.5, 0.6) is 0 Å². The smallest absolute Gasteiger partial charge is 0.153 e. The first-order valence-electron chi connectivity index (χ1n) is 3.69. The number of nitrogens with zero attached hydrogens (tertiary/aromatic N) is 3. The van der Waals surface area contributed by atoms with Crippen LogP contribution < -0.4 is 0 Å². The molecule has 0 aliphatic rings. The predicted molar refractivity (Wildman–Crippen MR) is 48.8 cm³/mol. The maximum Gasteiger partial charge on any atom is 0.153 e. The van der Waals surface area contributed by atoms with Crippen molar-refractivity contribution in [2.45, 2.75) is 12.3 Å². The van der Waals surface area contributed by atoms with Crippen molar-refractivity contribution in [1.82, 2.24) is 15.0 Å². The van der Waals surface area contributed by atoms with Crippen molar-refractivity contribution in [2.24, 2.45) is 0 Å². The van der Waals surface area contributed by atoms with Crippen LogP contribution in [-0.4, -0.2) is 29.7 Å². The molecular weight excluding hydrogens is 190 g/mol. The van der Waals surface area contributed by atoms with E-state index in [1.807, 2.05) is 0 Å². The summed E-state index contributed by atoms with van der Waals surface area (Å²) < 4.78 is 23.3. The molecule has 0 bridgehead atoms. The fourth-order valence-electron chi connectivity index (χ4n) is 0.895. The van der Waals surface area contributed by atoms with Crippen molar-refractivity contribution < 1.29 is 8.42 Å². The zero-order chi connectivity index (χ0) is 9.90. The van der Waals surface area contributed by atoms with Crippen LogP contribution in [0, 0.1) is 0 Å². The van der Waals surface area contributed by atoms with E-state index in [1.54, 1.807) is 12.3 Å². The van der Waals surface area contributed by atoms with Gasteiger partial charge in [-0.1, -0.05) is 11.3 Å². The van der Waals surface area contributed by atoms with E-state index in [1.165, 1.54) is 10.9 Å². The summed E-state index contributed by atoms with van der Waals surface area (Å²) in [7, 11) is -3.02. The molecule has 0 fully saturated rings. The fourth-order valence-corrected chi connectivity index (χ4v) is 1.56. The summed E-state index contributed by atoms with van der Waals surface area (Å²) in [6, 6.07) is 0. The SMILES string of the molecule is C=CCn1cc(CS(C)(=O)=O)nn1. The average molecular weight is 201 g/mol. The number of rotatable bonds is 4. The fraction of sp³-hybridized carbons (Fsp3) is 0.429. The molecule has 0 aliphatic carbocycles. The molecule has 5 nitrogen and oxygen atoms in total.